The van der Waals surface area contributed by atoms with Crippen LogP contribution in [0.3, 0.4) is 0 Å². The van der Waals surface area contributed by atoms with Gasteiger partial charge in [-0.05, 0) is 40.2 Å². The van der Waals surface area contributed by atoms with Crippen molar-refractivity contribution in [3.05, 3.63) is 18.5 Å². The van der Waals surface area contributed by atoms with Gasteiger partial charge >= 0.3 is 0 Å². The number of rotatable bonds is 7. The fourth-order valence-corrected chi connectivity index (χ4v) is 1.77. The normalized spacial score (nSPS) is 15.0. The van der Waals surface area contributed by atoms with E-state index in [1.807, 2.05) is 37.7 Å². The van der Waals surface area contributed by atoms with Crippen molar-refractivity contribution in [2.45, 2.75) is 65.2 Å². The first-order chi connectivity index (χ1) is 8.84. The Hall–Kier alpha value is -1.36. The van der Waals surface area contributed by atoms with Gasteiger partial charge in [0.05, 0.1) is 12.6 Å². The standard InChI is InChI=1S/C14H26N4O/c1-6-14(4,5)17-13(19)12(3)16-11(2)10-18-9-7-8-15-18/h7-9,11-12,16H,6,10H2,1-5H3,(H,17,19). The topological polar surface area (TPSA) is 59.0 Å². The molecule has 0 fully saturated rings. The van der Waals surface area contributed by atoms with E-state index in [0.29, 0.717) is 0 Å². The Morgan fingerprint density at radius 3 is 2.63 bits per heavy atom. The summed E-state index contributed by atoms with van der Waals surface area (Å²) >= 11 is 0. The Balaban J connectivity index is 2.41. The van der Waals surface area contributed by atoms with Gasteiger partial charge in [-0.2, -0.15) is 5.10 Å². The summed E-state index contributed by atoms with van der Waals surface area (Å²) in [6.07, 6.45) is 4.59. The zero-order valence-corrected chi connectivity index (χ0v) is 12.6. The lowest BCUT2D eigenvalue weighted by Gasteiger charge is -2.28. The first-order valence-corrected chi connectivity index (χ1v) is 6.89. The first-order valence-electron chi connectivity index (χ1n) is 6.89. The van der Waals surface area contributed by atoms with E-state index in [-0.39, 0.29) is 23.5 Å². The van der Waals surface area contributed by atoms with E-state index in [4.69, 9.17) is 0 Å². The fourth-order valence-electron chi connectivity index (χ4n) is 1.77. The Labute approximate surface area is 115 Å². The van der Waals surface area contributed by atoms with Gasteiger partial charge in [0.25, 0.3) is 0 Å². The highest BCUT2D eigenvalue weighted by Gasteiger charge is 2.22. The lowest BCUT2D eigenvalue weighted by atomic mass is 10.0. The minimum atomic E-state index is -0.212. The zero-order chi connectivity index (χ0) is 14.5. The quantitative estimate of drug-likeness (QED) is 0.787. The number of nitrogens with zero attached hydrogens (tertiary/aromatic N) is 2. The molecule has 19 heavy (non-hydrogen) atoms. The third-order valence-electron chi connectivity index (χ3n) is 3.29. The second-order valence-electron chi connectivity index (χ2n) is 5.74. The van der Waals surface area contributed by atoms with Crippen LogP contribution in [0.5, 0.6) is 0 Å². The number of amides is 1. The summed E-state index contributed by atoms with van der Waals surface area (Å²) in [7, 11) is 0. The molecular weight excluding hydrogens is 240 g/mol. The molecule has 0 aliphatic carbocycles. The Kier molecular flexibility index (Phi) is 5.54. The van der Waals surface area contributed by atoms with E-state index in [1.165, 1.54) is 0 Å². The van der Waals surface area contributed by atoms with Crippen molar-refractivity contribution in [2.24, 2.45) is 0 Å². The summed E-state index contributed by atoms with van der Waals surface area (Å²) in [5.41, 5.74) is -0.155. The zero-order valence-electron chi connectivity index (χ0n) is 12.6. The van der Waals surface area contributed by atoms with Crippen LogP contribution in [0.2, 0.25) is 0 Å². The molecule has 5 nitrogen and oxygen atoms in total. The predicted molar refractivity (Wildman–Crippen MR) is 76.8 cm³/mol. The summed E-state index contributed by atoms with van der Waals surface area (Å²) in [5, 5.41) is 10.5. The van der Waals surface area contributed by atoms with Gasteiger partial charge in [-0.3, -0.25) is 9.48 Å². The van der Waals surface area contributed by atoms with Gasteiger partial charge in [-0.1, -0.05) is 6.92 Å². The number of carbonyl (C=O) groups excluding carboxylic acids is 1. The average Bonchev–Trinajstić information content (AvgIpc) is 2.81. The second-order valence-corrected chi connectivity index (χ2v) is 5.74. The largest absolute Gasteiger partial charge is 0.350 e. The van der Waals surface area contributed by atoms with Crippen LogP contribution in [0.25, 0.3) is 0 Å². The molecule has 2 N–H and O–H groups in total. The van der Waals surface area contributed by atoms with Gasteiger partial charge in [0.15, 0.2) is 0 Å². The van der Waals surface area contributed by atoms with Crippen LogP contribution < -0.4 is 10.6 Å². The van der Waals surface area contributed by atoms with E-state index in [0.717, 1.165) is 13.0 Å². The van der Waals surface area contributed by atoms with Gasteiger partial charge in [-0.25, -0.2) is 0 Å². The minimum Gasteiger partial charge on any atom is -0.350 e. The highest BCUT2D eigenvalue weighted by Crippen LogP contribution is 2.07. The van der Waals surface area contributed by atoms with E-state index in [9.17, 15) is 4.79 Å². The summed E-state index contributed by atoms with van der Waals surface area (Å²) in [6.45, 7) is 10.8. The first kappa shape index (κ1) is 15.7. The summed E-state index contributed by atoms with van der Waals surface area (Å²) in [6, 6.07) is 1.87. The van der Waals surface area contributed by atoms with Crippen LogP contribution in [0.1, 0.15) is 41.0 Å². The summed E-state index contributed by atoms with van der Waals surface area (Å²) in [5.74, 6) is 0.0409. The SMILES string of the molecule is CCC(C)(C)NC(=O)C(C)NC(C)Cn1cccn1. The van der Waals surface area contributed by atoms with Crippen LogP contribution in [-0.2, 0) is 11.3 Å². The molecule has 0 spiro atoms. The molecule has 2 atom stereocenters. The van der Waals surface area contributed by atoms with Crippen LogP contribution >= 0.6 is 0 Å². The molecule has 0 saturated carbocycles. The van der Waals surface area contributed by atoms with Gasteiger partial charge < -0.3 is 10.6 Å². The van der Waals surface area contributed by atoms with Crippen molar-refractivity contribution in [3.8, 4) is 0 Å². The van der Waals surface area contributed by atoms with E-state index in [2.05, 4.69) is 29.6 Å². The highest BCUT2D eigenvalue weighted by atomic mass is 16.2. The summed E-state index contributed by atoms with van der Waals surface area (Å²) < 4.78 is 1.86. The van der Waals surface area contributed by atoms with Gasteiger partial charge in [0, 0.05) is 24.0 Å². The third-order valence-corrected chi connectivity index (χ3v) is 3.29. The molecule has 108 valence electrons. The Morgan fingerprint density at radius 1 is 1.42 bits per heavy atom. The van der Waals surface area contributed by atoms with Crippen molar-refractivity contribution >= 4 is 5.91 Å². The minimum absolute atomic E-state index is 0.0409. The maximum atomic E-state index is 12.1. The van der Waals surface area contributed by atoms with Gasteiger partial charge in [0.1, 0.15) is 0 Å². The molecule has 0 aliphatic heterocycles. The summed E-state index contributed by atoms with van der Waals surface area (Å²) in [4.78, 5) is 12.1. The van der Waals surface area contributed by atoms with Crippen LogP contribution in [0, 0.1) is 0 Å². The second kappa shape index (κ2) is 6.70. The molecule has 0 saturated heterocycles. The van der Waals surface area contributed by atoms with Crippen molar-refractivity contribution in [2.75, 3.05) is 0 Å². The monoisotopic (exact) mass is 266 g/mol. The molecule has 1 heterocycles. The maximum Gasteiger partial charge on any atom is 0.237 e. The van der Waals surface area contributed by atoms with Crippen molar-refractivity contribution in [1.82, 2.24) is 20.4 Å². The Morgan fingerprint density at radius 2 is 2.11 bits per heavy atom. The number of nitrogens with one attached hydrogen (secondary N) is 2. The number of aromatic nitrogens is 2. The van der Waals surface area contributed by atoms with Crippen molar-refractivity contribution in [1.29, 1.82) is 0 Å². The van der Waals surface area contributed by atoms with Gasteiger partial charge in [-0.15, -0.1) is 0 Å². The number of carbonyl (C=O) groups is 1. The highest BCUT2D eigenvalue weighted by molar-refractivity contribution is 5.82. The molecule has 2 unspecified atom stereocenters. The molecule has 0 radical (unpaired) electrons. The molecule has 0 aromatic carbocycles. The maximum absolute atomic E-state index is 12.1. The smallest absolute Gasteiger partial charge is 0.237 e. The fraction of sp³-hybridized carbons (Fsp3) is 0.714. The van der Waals surface area contributed by atoms with Crippen molar-refractivity contribution in [3.63, 3.8) is 0 Å². The van der Waals surface area contributed by atoms with Crippen LogP contribution in [-0.4, -0.2) is 33.3 Å². The molecule has 0 bridgehead atoms. The lowest BCUT2D eigenvalue weighted by Crippen LogP contribution is -2.52. The van der Waals surface area contributed by atoms with E-state index in [1.54, 1.807) is 6.20 Å². The molecule has 1 rings (SSSR count). The molecular formula is C14H26N4O. The molecule has 1 aromatic rings. The van der Waals surface area contributed by atoms with Gasteiger partial charge in [0.2, 0.25) is 5.91 Å². The van der Waals surface area contributed by atoms with Crippen molar-refractivity contribution < 1.29 is 4.79 Å². The molecule has 5 heteroatoms. The van der Waals surface area contributed by atoms with E-state index >= 15 is 0 Å². The molecule has 1 aromatic heterocycles. The number of hydrogen-bond donors (Lipinski definition) is 2. The Bertz CT molecular complexity index is 386. The van der Waals surface area contributed by atoms with Crippen LogP contribution in [0.15, 0.2) is 18.5 Å². The lowest BCUT2D eigenvalue weighted by molar-refractivity contribution is -0.124. The molecule has 0 aliphatic rings. The number of hydrogen-bond acceptors (Lipinski definition) is 3. The molecule has 1 amide bonds. The third kappa shape index (κ3) is 5.42. The predicted octanol–water partition coefficient (Wildman–Crippen LogP) is 1.55. The van der Waals surface area contributed by atoms with Crippen LogP contribution in [0.4, 0.5) is 0 Å². The average molecular weight is 266 g/mol. The van der Waals surface area contributed by atoms with E-state index < -0.39 is 0 Å².